The van der Waals surface area contributed by atoms with Crippen LogP contribution in [0.3, 0.4) is 0 Å². The molecule has 3 saturated heterocycles. The lowest BCUT2D eigenvalue weighted by Gasteiger charge is -2.36. The molecule has 3 heterocycles. The Morgan fingerprint density at radius 3 is 2.00 bits per heavy atom. The molecule has 3 fully saturated rings. The molecule has 0 amide bonds. The van der Waals surface area contributed by atoms with Crippen molar-refractivity contribution in [2.75, 3.05) is 5.75 Å². The molecule has 0 unspecified atom stereocenters. The van der Waals surface area contributed by atoms with E-state index in [9.17, 15) is 8.42 Å². The first-order chi connectivity index (χ1) is 12.5. The zero-order chi connectivity index (χ0) is 19.9. The molecule has 0 spiro atoms. The molecule has 7 nitrogen and oxygen atoms in total. The van der Waals surface area contributed by atoms with Crippen LogP contribution in [0.2, 0.25) is 0 Å². The maximum atomic E-state index is 13.0. The second-order valence-electron chi connectivity index (χ2n) is 8.67. The molecular formula is C19H34O7S. The number of sulfone groups is 1. The van der Waals surface area contributed by atoms with E-state index in [1.807, 2.05) is 0 Å². The molecule has 3 aliphatic heterocycles. The Labute approximate surface area is 162 Å². The lowest BCUT2D eigenvalue weighted by Crippen LogP contribution is -2.57. The summed E-state index contributed by atoms with van der Waals surface area (Å²) >= 11 is 0. The van der Waals surface area contributed by atoms with E-state index in [1.54, 1.807) is 27.7 Å². The van der Waals surface area contributed by atoms with Gasteiger partial charge in [-0.2, -0.15) is 0 Å². The van der Waals surface area contributed by atoms with E-state index in [1.165, 1.54) is 12.8 Å². The van der Waals surface area contributed by atoms with Crippen molar-refractivity contribution in [2.24, 2.45) is 0 Å². The Hall–Kier alpha value is -0.250. The highest BCUT2D eigenvalue weighted by molar-refractivity contribution is 7.91. The van der Waals surface area contributed by atoms with Gasteiger partial charge in [0, 0.05) is 0 Å². The van der Waals surface area contributed by atoms with Gasteiger partial charge in [0.2, 0.25) is 0 Å². The van der Waals surface area contributed by atoms with E-state index in [2.05, 4.69) is 6.92 Å². The summed E-state index contributed by atoms with van der Waals surface area (Å²) in [4.78, 5) is 0. The van der Waals surface area contributed by atoms with Crippen LogP contribution in [0.4, 0.5) is 0 Å². The van der Waals surface area contributed by atoms with E-state index in [0.29, 0.717) is 6.42 Å². The number of ether oxygens (including phenoxy) is 5. The van der Waals surface area contributed by atoms with Crippen LogP contribution in [0.5, 0.6) is 0 Å². The van der Waals surface area contributed by atoms with E-state index >= 15 is 0 Å². The first kappa shape index (κ1) is 21.5. The molecule has 0 aliphatic carbocycles. The van der Waals surface area contributed by atoms with Gasteiger partial charge in [-0.15, -0.1) is 0 Å². The zero-order valence-electron chi connectivity index (χ0n) is 17.1. The lowest BCUT2D eigenvalue weighted by atomic mass is 10.1. The largest absolute Gasteiger partial charge is 0.341 e. The first-order valence-corrected chi connectivity index (χ1v) is 11.8. The molecular weight excluding hydrogens is 372 g/mol. The summed E-state index contributed by atoms with van der Waals surface area (Å²) in [6.07, 6.45) is 3.57. The number of fused-ring (bicyclic) bond motifs is 3. The van der Waals surface area contributed by atoms with Crippen molar-refractivity contribution < 1.29 is 32.1 Å². The van der Waals surface area contributed by atoms with Gasteiger partial charge in [-0.1, -0.05) is 39.0 Å². The molecule has 0 aromatic carbocycles. The quantitative estimate of drug-likeness (QED) is 0.573. The molecule has 0 bridgehead atoms. The summed E-state index contributed by atoms with van der Waals surface area (Å²) in [6.45, 7) is 9.28. The van der Waals surface area contributed by atoms with E-state index in [-0.39, 0.29) is 5.75 Å². The van der Waals surface area contributed by atoms with Gasteiger partial charge in [-0.3, -0.25) is 0 Å². The number of rotatable bonds is 8. The van der Waals surface area contributed by atoms with Crippen LogP contribution >= 0.6 is 0 Å². The van der Waals surface area contributed by atoms with Crippen molar-refractivity contribution >= 4 is 9.84 Å². The Kier molecular flexibility index (Phi) is 6.26. The van der Waals surface area contributed by atoms with Crippen LogP contribution in [-0.4, -0.2) is 55.8 Å². The summed E-state index contributed by atoms with van der Waals surface area (Å²) in [7, 11) is -3.52. The Morgan fingerprint density at radius 2 is 1.30 bits per heavy atom. The number of hydrogen-bond acceptors (Lipinski definition) is 7. The second-order valence-corrected chi connectivity index (χ2v) is 10.9. The van der Waals surface area contributed by atoms with Gasteiger partial charge < -0.3 is 23.7 Å². The van der Waals surface area contributed by atoms with Crippen LogP contribution in [-0.2, 0) is 33.5 Å². The molecule has 27 heavy (non-hydrogen) atoms. The van der Waals surface area contributed by atoms with Crippen LogP contribution in [0.25, 0.3) is 0 Å². The third-order valence-electron chi connectivity index (χ3n) is 5.25. The van der Waals surface area contributed by atoms with Gasteiger partial charge in [0.1, 0.15) is 18.3 Å². The van der Waals surface area contributed by atoms with Gasteiger partial charge >= 0.3 is 0 Å². The van der Waals surface area contributed by atoms with Crippen molar-refractivity contribution in [3.05, 3.63) is 0 Å². The van der Waals surface area contributed by atoms with Crippen molar-refractivity contribution in [1.29, 1.82) is 0 Å². The van der Waals surface area contributed by atoms with Crippen molar-refractivity contribution in [3.8, 4) is 0 Å². The molecule has 0 N–H and O–H groups in total. The Balaban J connectivity index is 1.68. The maximum Gasteiger partial charge on any atom is 0.191 e. The van der Waals surface area contributed by atoms with E-state index < -0.39 is 51.4 Å². The minimum Gasteiger partial charge on any atom is -0.341 e. The standard InChI is InChI=1S/C19H34O7S/c1-6-7-8-9-10-11-12-27(20,21)17-15-13(23-18(2,3)25-15)14-16(22-17)26-19(4,5)24-14/h13-17H,6-12H2,1-5H3/t13-,14-,15-,16-,17-/m1/s1. The zero-order valence-corrected chi connectivity index (χ0v) is 17.9. The van der Waals surface area contributed by atoms with Crippen LogP contribution in [0.15, 0.2) is 0 Å². The Morgan fingerprint density at radius 1 is 0.741 bits per heavy atom. The molecule has 3 aliphatic rings. The average Bonchev–Trinajstić information content (AvgIpc) is 3.03. The minimum absolute atomic E-state index is 0.0818. The number of unbranched alkanes of at least 4 members (excludes halogenated alkanes) is 5. The highest BCUT2D eigenvalue weighted by atomic mass is 32.2. The maximum absolute atomic E-state index is 13.0. The summed E-state index contributed by atoms with van der Waals surface area (Å²) in [5, 5.41) is 0. The summed E-state index contributed by atoms with van der Waals surface area (Å²) in [6, 6.07) is 0. The normalized spacial score (nSPS) is 37.1. The minimum atomic E-state index is -3.52. The summed E-state index contributed by atoms with van der Waals surface area (Å²) < 4.78 is 55.5. The SMILES string of the molecule is CCCCCCCCS(=O)(=O)[C@H]1O[C@@H]2OC(C)(C)O[C@@H]2[C@H]2OC(C)(C)O[C@H]21. The fraction of sp³-hybridized carbons (Fsp3) is 1.00. The predicted molar refractivity (Wildman–Crippen MR) is 99.7 cm³/mol. The smallest absolute Gasteiger partial charge is 0.191 e. The first-order valence-electron chi connectivity index (χ1n) is 10.1. The molecule has 0 saturated carbocycles. The molecule has 0 radical (unpaired) electrons. The second kappa shape index (κ2) is 7.88. The number of hydrogen-bond donors (Lipinski definition) is 0. The van der Waals surface area contributed by atoms with E-state index in [0.717, 1.165) is 19.3 Å². The van der Waals surface area contributed by atoms with Gasteiger partial charge in [0.25, 0.3) is 0 Å². The third kappa shape index (κ3) is 4.85. The average molecular weight is 407 g/mol. The van der Waals surface area contributed by atoms with E-state index in [4.69, 9.17) is 23.7 Å². The van der Waals surface area contributed by atoms with Crippen LogP contribution in [0, 0.1) is 0 Å². The molecule has 3 rings (SSSR count). The fourth-order valence-corrected chi connectivity index (χ4v) is 5.80. The predicted octanol–water partition coefficient (Wildman–Crippen LogP) is 3.12. The van der Waals surface area contributed by atoms with Gasteiger partial charge in [-0.05, 0) is 34.1 Å². The highest BCUT2D eigenvalue weighted by Gasteiger charge is 2.63. The summed E-state index contributed by atoms with van der Waals surface area (Å²) in [5.74, 6) is -1.66. The van der Waals surface area contributed by atoms with Crippen molar-refractivity contribution in [2.45, 2.75) is 115 Å². The van der Waals surface area contributed by atoms with Crippen molar-refractivity contribution in [1.82, 2.24) is 0 Å². The fourth-order valence-electron chi connectivity index (χ4n) is 4.07. The summed E-state index contributed by atoms with van der Waals surface area (Å²) in [5.41, 5.74) is -1.10. The lowest BCUT2D eigenvalue weighted by molar-refractivity contribution is -0.214. The van der Waals surface area contributed by atoms with Gasteiger partial charge in [0.15, 0.2) is 33.1 Å². The van der Waals surface area contributed by atoms with Gasteiger partial charge in [-0.25, -0.2) is 8.42 Å². The third-order valence-corrected chi connectivity index (χ3v) is 7.19. The molecule has 158 valence electrons. The Bertz CT molecular complexity index is 616. The highest BCUT2D eigenvalue weighted by Crippen LogP contribution is 2.45. The molecule has 5 atom stereocenters. The van der Waals surface area contributed by atoms with Crippen molar-refractivity contribution in [3.63, 3.8) is 0 Å². The van der Waals surface area contributed by atoms with Crippen LogP contribution < -0.4 is 0 Å². The molecule has 0 aromatic rings. The van der Waals surface area contributed by atoms with Gasteiger partial charge in [0.05, 0.1) is 5.75 Å². The molecule has 8 heteroatoms. The monoisotopic (exact) mass is 406 g/mol. The topological polar surface area (TPSA) is 80.3 Å². The molecule has 0 aromatic heterocycles. The van der Waals surface area contributed by atoms with Crippen LogP contribution in [0.1, 0.15) is 73.1 Å².